The largest absolute Gasteiger partial charge is 0.341 e. The Morgan fingerprint density at radius 2 is 1.77 bits per heavy atom. The van der Waals surface area contributed by atoms with Crippen molar-refractivity contribution in [3.05, 3.63) is 24.3 Å². The third kappa shape index (κ3) is 4.33. The van der Waals surface area contributed by atoms with E-state index in [9.17, 15) is 30.4 Å². The molecule has 1 aromatic rings. The maximum atomic E-state index is 12.6. The molecule has 26 heavy (non-hydrogen) atoms. The number of amides is 1. The van der Waals surface area contributed by atoms with Crippen molar-refractivity contribution in [2.75, 3.05) is 24.7 Å². The highest BCUT2D eigenvalue weighted by Crippen LogP contribution is 2.30. The minimum absolute atomic E-state index is 0. The molecular formula is C14H19ClF2N2O5S2. The molecule has 0 bridgehead atoms. The highest BCUT2D eigenvalue weighted by Gasteiger charge is 2.48. The zero-order valence-electron chi connectivity index (χ0n) is 13.7. The van der Waals surface area contributed by atoms with Gasteiger partial charge in [-0.05, 0) is 44.1 Å². The number of sulfone groups is 2. The summed E-state index contributed by atoms with van der Waals surface area (Å²) in [4.78, 5) is 12.0. The second-order valence-corrected chi connectivity index (χ2v) is 10.0. The number of carbonyl (C=O) groups is 1. The maximum Gasteiger partial charge on any atom is 0.341 e. The summed E-state index contributed by atoms with van der Waals surface area (Å²) >= 11 is 0. The van der Waals surface area contributed by atoms with Crippen LogP contribution in [0.5, 0.6) is 0 Å². The first-order valence-corrected chi connectivity index (χ1v) is 10.8. The summed E-state index contributed by atoms with van der Waals surface area (Å²) < 4.78 is 71.0. The summed E-state index contributed by atoms with van der Waals surface area (Å²) in [5.41, 5.74) is -0.0618. The molecule has 0 aliphatic carbocycles. The molecule has 148 valence electrons. The normalized spacial score (nSPS) is 17.4. The van der Waals surface area contributed by atoms with Crippen molar-refractivity contribution >= 4 is 43.7 Å². The smallest absolute Gasteiger partial charge is 0.325 e. The summed E-state index contributed by atoms with van der Waals surface area (Å²) in [5.74, 6) is -4.40. The van der Waals surface area contributed by atoms with Crippen LogP contribution in [0.3, 0.4) is 0 Å². The Bertz CT molecular complexity index is 869. The Labute approximate surface area is 156 Å². The Morgan fingerprint density at radius 3 is 2.27 bits per heavy atom. The molecular weight excluding hydrogens is 414 g/mol. The van der Waals surface area contributed by atoms with E-state index >= 15 is 0 Å². The number of piperidine rings is 1. The van der Waals surface area contributed by atoms with Gasteiger partial charge in [-0.15, -0.1) is 12.4 Å². The second-order valence-electron chi connectivity index (χ2n) is 5.80. The van der Waals surface area contributed by atoms with Crippen LogP contribution >= 0.6 is 12.4 Å². The van der Waals surface area contributed by atoms with Crippen molar-refractivity contribution in [1.29, 1.82) is 0 Å². The maximum absolute atomic E-state index is 12.6. The van der Waals surface area contributed by atoms with Gasteiger partial charge in [0.15, 0.2) is 14.6 Å². The number of hydrogen-bond acceptors (Lipinski definition) is 6. The fourth-order valence-electron chi connectivity index (χ4n) is 2.70. The van der Waals surface area contributed by atoms with Gasteiger partial charge in [-0.2, -0.15) is 8.78 Å². The quantitative estimate of drug-likeness (QED) is 0.723. The van der Waals surface area contributed by atoms with Crippen molar-refractivity contribution in [3.63, 3.8) is 0 Å². The third-order valence-electron chi connectivity index (χ3n) is 4.19. The minimum Gasteiger partial charge on any atom is -0.325 e. The number of nitrogens with one attached hydrogen (secondary N) is 2. The van der Waals surface area contributed by atoms with E-state index in [2.05, 4.69) is 10.6 Å². The van der Waals surface area contributed by atoms with Gasteiger partial charge in [-0.3, -0.25) is 4.79 Å². The fraction of sp³-hybridized carbons (Fsp3) is 0.500. The average molecular weight is 433 g/mol. The van der Waals surface area contributed by atoms with E-state index in [-0.39, 0.29) is 30.9 Å². The number of hydrogen-bond donors (Lipinski definition) is 2. The lowest BCUT2D eigenvalue weighted by Crippen LogP contribution is -2.55. The third-order valence-corrected chi connectivity index (χ3v) is 7.58. The van der Waals surface area contributed by atoms with E-state index in [1.807, 2.05) is 0 Å². The van der Waals surface area contributed by atoms with E-state index in [0.717, 1.165) is 18.4 Å². The Balaban J connectivity index is 0.00000338. The van der Waals surface area contributed by atoms with Gasteiger partial charge in [0, 0.05) is 11.9 Å². The van der Waals surface area contributed by atoms with Crippen molar-refractivity contribution in [3.8, 4) is 0 Å². The first-order valence-electron chi connectivity index (χ1n) is 7.35. The number of carbonyl (C=O) groups excluding carboxylic acids is 1. The fourth-order valence-corrected chi connectivity index (χ4v) is 4.79. The van der Waals surface area contributed by atoms with Crippen molar-refractivity contribution in [2.24, 2.45) is 0 Å². The van der Waals surface area contributed by atoms with Crippen LogP contribution in [0.2, 0.25) is 0 Å². The summed E-state index contributed by atoms with van der Waals surface area (Å²) in [6.07, 6.45) is 1.09. The molecule has 1 aliphatic rings. The van der Waals surface area contributed by atoms with Crippen LogP contribution in [-0.4, -0.2) is 52.6 Å². The Hall–Kier alpha value is -1.30. The molecule has 0 radical (unpaired) electrons. The van der Waals surface area contributed by atoms with Gasteiger partial charge < -0.3 is 10.6 Å². The summed E-state index contributed by atoms with van der Waals surface area (Å²) in [6, 6.07) is 4.37. The molecule has 1 aromatic carbocycles. The summed E-state index contributed by atoms with van der Waals surface area (Å²) in [7, 11) is -8.57. The lowest BCUT2D eigenvalue weighted by molar-refractivity contribution is -0.119. The standard InChI is InChI=1S/C14H18F2N2O5S2.ClH/c1-24(20,21)14(5-7-17-8-6-14)12(19)18-10-3-2-4-11(9-10)25(22,23)13(15)16;/h2-4,9,13,17H,5-8H2,1H3,(H,18,19);1H. The number of alkyl halides is 2. The first kappa shape index (κ1) is 22.7. The van der Waals surface area contributed by atoms with Gasteiger partial charge >= 0.3 is 5.76 Å². The number of halogens is 3. The molecule has 0 aromatic heterocycles. The molecule has 12 heteroatoms. The zero-order valence-corrected chi connectivity index (χ0v) is 16.2. The predicted octanol–water partition coefficient (Wildman–Crippen LogP) is 1.21. The molecule has 0 spiro atoms. The average Bonchev–Trinajstić information content (AvgIpc) is 2.54. The van der Waals surface area contributed by atoms with Gasteiger partial charge in [-0.25, -0.2) is 16.8 Å². The van der Waals surface area contributed by atoms with Crippen molar-refractivity contribution < 1.29 is 30.4 Å². The SMILES string of the molecule is CS(=O)(=O)C1(C(=O)Nc2cccc(S(=O)(=O)C(F)F)c2)CCNCC1.Cl. The van der Waals surface area contributed by atoms with E-state index in [4.69, 9.17) is 0 Å². The lowest BCUT2D eigenvalue weighted by Gasteiger charge is -2.34. The molecule has 0 saturated carbocycles. The highest BCUT2D eigenvalue weighted by molar-refractivity contribution is 7.93. The minimum atomic E-state index is -4.82. The van der Waals surface area contributed by atoms with Gasteiger partial charge in [0.1, 0.15) is 0 Å². The second kappa shape index (κ2) is 8.15. The van der Waals surface area contributed by atoms with E-state index < -0.39 is 41.0 Å². The predicted molar refractivity (Wildman–Crippen MR) is 95.2 cm³/mol. The summed E-state index contributed by atoms with van der Waals surface area (Å²) in [6.45, 7) is 0.667. The Kier molecular flexibility index (Phi) is 7.13. The molecule has 1 amide bonds. The number of benzene rings is 1. The molecule has 0 unspecified atom stereocenters. The van der Waals surface area contributed by atoms with Crippen molar-refractivity contribution in [2.45, 2.75) is 28.2 Å². The zero-order chi connectivity index (χ0) is 18.9. The molecule has 1 fully saturated rings. The van der Waals surface area contributed by atoms with Crippen LogP contribution in [0.4, 0.5) is 14.5 Å². The van der Waals surface area contributed by atoms with Crippen LogP contribution in [0.15, 0.2) is 29.2 Å². The molecule has 1 saturated heterocycles. The van der Waals surface area contributed by atoms with Crippen LogP contribution < -0.4 is 10.6 Å². The molecule has 7 nitrogen and oxygen atoms in total. The van der Waals surface area contributed by atoms with Gasteiger partial charge in [0.2, 0.25) is 15.7 Å². The number of rotatable bonds is 5. The van der Waals surface area contributed by atoms with Crippen LogP contribution in [-0.2, 0) is 24.5 Å². The van der Waals surface area contributed by atoms with E-state index in [0.29, 0.717) is 13.1 Å². The van der Waals surface area contributed by atoms with E-state index in [1.165, 1.54) is 12.1 Å². The van der Waals surface area contributed by atoms with Crippen LogP contribution in [0.1, 0.15) is 12.8 Å². The van der Waals surface area contributed by atoms with Gasteiger partial charge in [0.25, 0.3) is 0 Å². The van der Waals surface area contributed by atoms with Gasteiger partial charge in [0.05, 0.1) is 4.90 Å². The molecule has 2 rings (SSSR count). The number of anilines is 1. The van der Waals surface area contributed by atoms with Gasteiger partial charge in [-0.1, -0.05) is 6.07 Å². The first-order chi connectivity index (χ1) is 11.5. The molecule has 1 aliphatic heterocycles. The topological polar surface area (TPSA) is 109 Å². The van der Waals surface area contributed by atoms with Crippen LogP contribution in [0.25, 0.3) is 0 Å². The molecule has 0 atom stereocenters. The molecule has 2 N–H and O–H groups in total. The summed E-state index contributed by atoms with van der Waals surface area (Å²) in [5, 5.41) is 5.32. The van der Waals surface area contributed by atoms with Crippen molar-refractivity contribution in [1.82, 2.24) is 5.32 Å². The van der Waals surface area contributed by atoms with Crippen LogP contribution in [0, 0.1) is 0 Å². The monoisotopic (exact) mass is 432 g/mol. The molecule has 1 heterocycles. The highest BCUT2D eigenvalue weighted by atomic mass is 35.5. The Morgan fingerprint density at radius 1 is 1.19 bits per heavy atom. The van der Waals surface area contributed by atoms with E-state index in [1.54, 1.807) is 0 Å². The lowest BCUT2D eigenvalue weighted by atomic mass is 9.95.